The number of ether oxygens (including phenoxy) is 2. The molecular weight excluding hydrogens is 653 g/mol. The van der Waals surface area contributed by atoms with Crippen LogP contribution in [-0.2, 0) is 14.3 Å². The SMILES string of the molecule is CC/C=C\C/C=C\C/C=C\C/C=C\CCCCCCCCCOCC(CO)OC(=O)CCCCCCCCCCC/C=C\C/C=C\CCCCCCC. The Balaban J connectivity index is 3.47. The Bertz CT molecular complexity index is 911. The molecular formula is C49H86O4. The quantitative estimate of drug-likeness (QED) is 0.0385. The van der Waals surface area contributed by atoms with E-state index in [0.29, 0.717) is 13.0 Å². The van der Waals surface area contributed by atoms with Crippen molar-refractivity contribution in [2.45, 2.75) is 213 Å². The maximum absolute atomic E-state index is 12.2. The fourth-order valence-electron chi connectivity index (χ4n) is 6.17. The lowest BCUT2D eigenvalue weighted by atomic mass is 10.1. The molecule has 0 aromatic heterocycles. The van der Waals surface area contributed by atoms with Gasteiger partial charge in [-0.3, -0.25) is 4.79 Å². The highest BCUT2D eigenvalue weighted by Crippen LogP contribution is 2.13. The summed E-state index contributed by atoms with van der Waals surface area (Å²) in [7, 11) is 0. The summed E-state index contributed by atoms with van der Waals surface area (Å²) in [5.41, 5.74) is 0. The summed E-state index contributed by atoms with van der Waals surface area (Å²) in [6.07, 6.45) is 62.5. The van der Waals surface area contributed by atoms with E-state index in [2.05, 4.69) is 86.8 Å². The molecule has 4 heteroatoms. The summed E-state index contributed by atoms with van der Waals surface area (Å²) < 4.78 is 11.2. The van der Waals surface area contributed by atoms with Crippen LogP contribution in [0, 0.1) is 0 Å². The van der Waals surface area contributed by atoms with Crippen molar-refractivity contribution in [2.24, 2.45) is 0 Å². The molecule has 0 aromatic rings. The number of esters is 1. The third kappa shape index (κ3) is 44.1. The highest BCUT2D eigenvalue weighted by atomic mass is 16.6. The van der Waals surface area contributed by atoms with Gasteiger partial charge in [-0.25, -0.2) is 0 Å². The third-order valence-electron chi connectivity index (χ3n) is 9.52. The van der Waals surface area contributed by atoms with Gasteiger partial charge in [-0.05, 0) is 83.5 Å². The number of aliphatic hydroxyl groups is 1. The van der Waals surface area contributed by atoms with E-state index in [0.717, 1.165) is 57.8 Å². The molecule has 0 aliphatic rings. The number of hydrogen-bond donors (Lipinski definition) is 1. The lowest BCUT2D eigenvalue weighted by Gasteiger charge is -2.16. The van der Waals surface area contributed by atoms with Crippen LogP contribution in [0.5, 0.6) is 0 Å². The largest absolute Gasteiger partial charge is 0.457 e. The zero-order valence-corrected chi connectivity index (χ0v) is 35.0. The standard InChI is InChI=1S/C49H86O4/c1-3-5-7-9-11-13-15-17-19-21-23-25-26-28-30-32-34-36-38-40-42-44-49(51)53-48(46-50)47-52-45-43-41-39-37-35-33-31-29-27-24-22-20-18-16-14-12-10-8-6-4-2/h6,8,12,14-15,17-18,20-21,23-24,27,48,50H,3-5,7,9-11,13,16,19,22,25-26,28-47H2,1-2H3/b8-6-,14-12-,17-15-,20-18-,23-21-,27-24-. The highest BCUT2D eigenvalue weighted by Gasteiger charge is 2.13. The van der Waals surface area contributed by atoms with Crippen molar-refractivity contribution < 1.29 is 19.4 Å². The van der Waals surface area contributed by atoms with E-state index in [1.165, 1.54) is 128 Å². The molecule has 0 fully saturated rings. The van der Waals surface area contributed by atoms with Gasteiger partial charge in [0.1, 0.15) is 6.10 Å². The van der Waals surface area contributed by atoms with Gasteiger partial charge >= 0.3 is 5.97 Å². The third-order valence-corrected chi connectivity index (χ3v) is 9.52. The van der Waals surface area contributed by atoms with Crippen LogP contribution in [0.4, 0.5) is 0 Å². The van der Waals surface area contributed by atoms with Gasteiger partial charge in [0.15, 0.2) is 0 Å². The second-order valence-corrected chi connectivity index (χ2v) is 14.7. The van der Waals surface area contributed by atoms with E-state index in [-0.39, 0.29) is 19.2 Å². The fourth-order valence-corrected chi connectivity index (χ4v) is 6.17. The molecule has 1 unspecified atom stereocenters. The van der Waals surface area contributed by atoms with Crippen LogP contribution in [0.1, 0.15) is 206 Å². The van der Waals surface area contributed by atoms with Crippen LogP contribution in [0.25, 0.3) is 0 Å². The molecule has 0 amide bonds. The number of aliphatic hydroxyl groups excluding tert-OH is 1. The summed E-state index contributed by atoms with van der Waals surface area (Å²) in [6.45, 7) is 5.20. The highest BCUT2D eigenvalue weighted by molar-refractivity contribution is 5.69. The van der Waals surface area contributed by atoms with Gasteiger partial charge in [0.25, 0.3) is 0 Å². The zero-order chi connectivity index (χ0) is 38.4. The predicted octanol–water partition coefficient (Wildman–Crippen LogP) is 15.0. The second kappa shape index (κ2) is 46.0. The Morgan fingerprint density at radius 2 is 0.849 bits per heavy atom. The first-order valence-corrected chi connectivity index (χ1v) is 22.5. The molecule has 0 saturated heterocycles. The van der Waals surface area contributed by atoms with Gasteiger partial charge in [-0.15, -0.1) is 0 Å². The van der Waals surface area contributed by atoms with E-state index in [9.17, 15) is 9.90 Å². The van der Waals surface area contributed by atoms with Crippen molar-refractivity contribution in [2.75, 3.05) is 19.8 Å². The monoisotopic (exact) mass is 739 g/mol. The van der Waals surface area contributed by atoms with Crippen molar-refractivity contribution in [3.63, 3.8) is 0 Å². The molecule has 0 spiro atoms. The van der Waals surface area contributed by atoms with E-state index in [1.54, 1.807) is 0 Å². The van der Waals surface area contributed by atoms with E-state index >= 15 is 0 Å². The van der Waals surface area contributed by atoms with Gasteiger partial charge in [-0.1, -0.05) is 189 Å². The number of unbranched alkanes of at least 4 members (excludes halogenated alkanes) is 21. The van der Waals surface area contributed by atoms with Gasteiger partial charge in [0.2, 0.25) is 0 Å². The smallest absolute Gasteiger partial charge is 0.306 e. The topological polar surface area (TPSA) is 55.8 Å². The van der Waals surface area contributed by atoms with Gasteiger partial charge in [-0.2, -0.15) is 0 Å². The predicted molar refractivity (Wildman–Crippen MR) is 232 cm³/mol. The normalized spacial score (nSPS) is 13.0. The van der Waals surface area contributed by atoms with Crippen molar-refractivity contribution in [1.29, 1.82) is 0 Å². The first kappa shape index (κ1) is 50.8. The molecule has 0 aromatic carbocycles. The molecule has 0 saturated carbocycles. The number of carbonyl (C=O) groups is 1. The van der Waals surface area contributed by atoms with Crippen molar-refractivity contribution in [3.05, 3.63) is 72.9 Å². The summed E-state index contributed by atoms with van der Waals surface area (Å²) in [5, 5.41) is 9.62. The lowest BCUT2D eigenvalue weighted by Crippen LogP contribution is -2.27. The second-order valence-electron chi connectivity index (χ2n) is 14.7. The Labute approximate surface area is 329 Å². The number of carbonyl (C=O) groups excluding carboxylic acids is 1. The Hall–Kier alpha value is -2.17. The summed E-state index contributed by atoms with van der Waals surface area (Å²) in [6, 6.07) is 0. The Kier molecular flexibility index (Phi) is 44.1. The maximum Gasteiger partial charge on any atom is 0.306 e. The Morgan fingerprint density at radius 3 is 1.28 bits per heavy atom. The van der Waals surface area contributed by atoms with Crippen molar-refractivity contribution in [3.8, 4) is 0 Å². The van der Waals surface area contributed by atoms with E-state index in [4.69, 9.17) is 9.47 Å². The lowest BCUT2D eigenvalue weighted by molar-refractivity contribution is -0.154. The molecule has 0 aliphatic carbocycles. The summed E-state index contributed by atoms with van der Waals surface area (Å²) in [5.74, 6) is -0.211. The van der Waals surface area contributed by atoms with Gasteiger partial charge in [0.05, 0.1) is 13.2 Å². The minimum absolute atomic E-state index is 0.181. The molecule has 1 N–H and O–H groups in total. The number of allylic oxidation sites excluding steroid dienone is 12. The minimum Gasteiger partial charge on any atom is -0.457 e. The molecule has 0 heterocycles. The first-order valence-electron chi connectivity index (χ1n) is 22.5. The molecule has 0 radical (unpaired) electrons. The molecule has 0 aliphatic heterocycles. The molecule has 0 rings (SSSR count). The average Bonchev–Trinajstić information content (AvgIpc) is 3.16. The minimum atomic E-state index is -0.546. The van der Waals surface area contributed by atoms with Crippen molar-refractivity contribution >= 4 is 5.97 Å². The fraction of sp³-hybridized carbons (Fsp3) is 0.735. The zero-order valence-electron chi connectivity index (χ0n) is 35.0. The van der Waals surface area contributed by atoms with Crippen LogP contribution in [0.2, 0.25) is 0 Å². The van der Waals surface area contributed by atoms with Gasteiger partial charge < -0.3 is 14.6 Å². The molecule has 1 atom stereocenters. The van der Waals surface area contributed by atoms with E-state index < -0.39 is 6.10 Å². The molecule has 53 heavy (non-hydrogen) atoms. The van der Waals surface area contributed by atoms with Gasteiger partial charge in [0, 0.05) is 13.0 Å². The van der Waals surface area contributed by atoms with Crippen LogP contribution in [-0.4, -0.2) is 37.0 Å². The van der Waals surface area contributed by atoms with Crippen LogP contribution >= 0.6 is 0 Å². The van der Waals surface area contributed by atoms with Crippen LogP contribution < -0.4 is 0 Å². The first-order chi connectivity index (χ1) is 26.2. The molecule has 306 valence electrons. The Morgan fingerprint density at radius 1 is 0.472 bits per heavy atom. The summed E-state index contributed by atoms with van der Waals surface area (Å²) >= 11 is 0. The number of hydrogen-bond acceptors (Lipinski definition) is 4. The maximum atomic E-state index is 12.2. The average molecular weight is 739 g/mol. The molecule has 0 bridgehead atoms. The number of rotatable bonds is 41. The van der Waals surface area contributed by atoms with Crippen LogP contribution in [0.3, 0.4) is 0 Å². The van der Waals surface area contributed by atoms with Crippen LogP contribution in [0.15, 0.2) is 72.9 Å². The van der Waals surface area contributed by atoms with Crippen molar-refractivity contribution in [1.82, 2.24) is 0 Å². The molecule has 4 nitrogen and oxygen atoms in total. The van der Waals surface area contributed by atoms with E-state index in [1.807, 2.05) is 0 Å². The summed E-state index contributed by atoms with van der Waals surface area (Å²) in [4.78, 5) is 12.2.